The van der Waals surface area contributed by atoms with Crippen LogP contribution in [-0.2, 0) is 30.6 Å². The first-order valence-electron chi connectivity index (χ1n) is 20.7. The fraction of sp³-hybridized carbons (Fsp3) is 0.837. The zero-order valence-corrected chi connectivity index (χ0v) is 34.4. The first-order chi connectivity index (χ1) is 25.8. The molecule has 10 nitrogen and oxygen atoms in total. The molecule has 2 heterocycles. The molecule has 0 aromatic heterocycles. The summed E-state index contributed by atoms with van der Waals surface area (Å²) >= 11 is 0. The van der Waals surface area contributed by atoms with Gasteiger partial charge in [-0.25, -0.2) is 14.2 Å². The van der Waals surface area contributed by atoms with Crippen LogP contribution >= 0.6 is 0 Å². The van der Waals surface area contributed by atoms with E-state index in [1.807, 2.05) is 0 Å². The number of amides is 1. The van der Waals surface area contributed by atoms with Gasteiger partial charge in [-0.1, -0.05) is 52.7 Å². The van der Waals surface area contributed by atoms with Gasteiger partial charge in [0.2, 0.25) is 5.91 Å². The molecule has 11 heteroatoms. The van der Waals surface area contributed by atoms with Crippen LogP contribution in [0.15, 0.2) is 24.3 Å². The van der Waals surface area contributed by atoms with Gasteiger partial charge < -0.3 is 25.0 Å². The second kappa shape index (κ2) is 23.5. The zero-order chi connectivity index (χ0) is 39.9. The topological polar surface area (TPSA) is 147 Å². The van der Waals surface area contributed by atoms with Crippen LogP contribution in [0.4, 0.5) is 4.39 Å². The lowest BCUT2D eigenvalue weighted by molar-refractivity contribution is -0.215. The molecule has 2 saturated heterocycles. The fourth-order valence-electron chi connectivity index (χ4n) is 10.4. The normalized spacial score (nSPS) is 33.9. The van der Waals surface area contributed by atoms with Crippen molar-refractivity contribution in [3.63, 3.8) is 0 Å². The van der Waals surface area contributed by atoms with Crippen LogP contribution in [-0.4, -0.2) is 78.5 Å². The number of benzene rings is 1. The molecular weight excluding hydrogens is 693 g/mol. The number of rotatable bonds is 11. The quantitative estimate of drug-likeness (QED) is 0.112. The van der Waals surface area contributed by atoms with Gasteiger partial charge >= 0.3 is 0 Å². The van der Waals surface area contributed by atoms with Crippen molar-refractivity contribution in [1.82, 2.24) is 5.32 Å². The summed E-state index contributed by atoms with van der Waals surface area (Å²) in [7, 11) is 2.36. The largest absolute Gasteiger partial charge is 0.393 e. The van der Waals surface area contributed by atoms with E-state index in [0.717, 1.165) is 44.5 Å². The van der Waals surface area contributed by atoms with Crippen LogP contribution in [0.1, 0.15) is 111 Å². The number of carbonyl (C=O) groups excluding carboxylic acids is 1. The number of carbonyl (C=O) groups is 1. The molecule has 4 fully saturated rings. The maximum Gasteiger partial charge on any atom is 0.223 e. The van der Waals surface area contributed by atoms with Gasteiger partial charge in [-0.2, -0.15) is 0 Å². The molecule has 14 atom stereocenters. The molecule has 2 aliphatic carbocycles. The van der Waals surface area contributed by atoms with Gasteiger partial charge in [0, 0.05) is 12.5 Å². The van der Waals surface area contributed by atoms with Crippen molar-refractivity contribution in [3.05, 3.63) is 35.6 Å². The average Bonchev–Trinajstić information content (AvgIpc) is 3.47. The molecule has 1 aromatic rings. The summed E-state index contributed by atoms with van der Waals surface area (Å²) in [4.78, 5) is 20.4. The van der Waals surface area contributed by atoms with E-state index in [4.69, 9.17) is 20.0 Å². The van der Waals surface area contributed by atoms with Crippen molar-refractivity contribution in [1.29, 1.82) is 0 Å². The molecule has 54 heavy (non-hydrogen) atoms. The van der Waals surface area contributed by atoms with Crippen LogP contribution in [0.25, 0.3) is 0 Å². The van der Waals surface area contributed by atoms with Crippen LogP contribution in [0, 0.1) is 70.9 Å². The molecule has 0 spiro atoms. The Bertz CT molecular complexity index is 1130. The number of hydrogen-bond acceptors (Lipinski definition) is 9. The highest BCUT2D eigenvalue weighted by Gasteiger charge is 2.45. The maximum atomic E-state index is 13.9. The van der Waals surface area contributed by atoms with Gasteiger partial charge in [0.25, 0.3) is 0 Å². The minimum atomic E-state index is -0.662. The van der Waals surface area contributed by atoms with E-state index >= 15 is 0 Å². The molecule has 0 radical (unpaired) electrons. The Kier molecular flexibility index (Phi) is 20.3. The van der Waals surface area contributed by atoms with Gasteiger partial charge in [0.05, 0.1) is 51.8 Å². The van der Waals surface area contributed by atoms with Gasteiger partial charge in [0.1, 0.15) is 5.82 Å². The van der Waals surface area contributed by atoms with Crippen molar-refractivity contribution in [2.24, 2.45) is 65.1 Å². The van der Waals surface area contributed by atoms with Gasteiger partial charge in [-0.3, -0.25) is 15.3 Å². The summed E-state index contributed by atoms with van der Waals surface area (Å²) in [6.07, 6.45) is 8.87. The average molecular weight is 768 g/mol. The van der Waals surface area contributed by atoms with Gasteiger partial charge in [-0.05, 0) is 142 Å². The summed E-state index contributed by atoms with van der Waals surface area (Å²) in [5.74, 6) is 3.13. The number of nitrogens with one attached hydrogen (secondary N) is 1. The molecule has 1 aromatic carbocycles. The Balaban J connectivity index is 0.00000122. The number of halogens is 1. The van der Waals surface area contributed by atoms with Crippen LogP contribution in [0.5, 0.6) is 0 Å². The molecule has 4 aliphatic rings. The predicted molar refractivity (Wildman–Crippen MR) is 208 cm³/mol. The highest BCUT2D eigenvalue weighted by molar-refractivity contribution is 5.78. The number of ether oxygens (including phenoxy) is 2. The summed E-state index contributed by atoms with van der Waals surface area (Å²) < 4.78 is 26.1. The lowest BCUT2D eigenvalue weighted by Crippen LogP contribution is -2.44. The van der Waals surface area contributed by atoms with Crippen molar-refractivity contribution < 1.29 is 49.2 Å². The second-order valence-electron chi connectivity index (χ2n) is 17.3. The summed E-state index contributed by atoms with van der Waals surface area (Å²) in [5.41, 5.74) is 0.821. The Morgan fingerprint density at radius 2 is 1.13 bits per heavy atom. The summed E-state index contributed by atoms with van der Waals surface area (Å²) in [5, 5.41) is 40.9. The van der Waals surface area contributed by atoms with E-state index in [1.165, 1.54) is 52.0 Å². The Morgan fingerprint density at radius 1 is 0.722 bits per heavy atom. The molecule has 5 N–H and O–H groups in total. The van der Waals surface area contributed by atoms with Crippen molar-refractivity contribution in [2.45, 2.75) is 137 Å². The van der Waals surface area contributed by atoms with Crippen LogP contribution in [0.3, 0.4) is 0 Å². The number of hydrogen-bond donors (Lipinski definition) is 5. The predicted octanol–water partition coefficient (Wildman–Crippen LogP) is 8.00. The molecule has 0 bridgehead atoms. The highest BCUT2D eigenvalue weighted by Crippen LogP contribution is 2.49. The maximum absolute atomic E-state index is 13.9. The Hall–Kier alpha value is -1.70. The van der Waals surface area contributed by atoms with Gasteiger partial charge in [0.15, 0.2) is 0 Å². The third kappa shape index (κ3) is 13.5. The fourth-order valence-corrected chi connectivity index (χ4v) is 10.4. The Morgan fingerprint density at radius 3 is 1.54 bits per heavy atom. The van der Waals surface area contributed by atoms with E-state index in [9.17, 15) is 19.4 Å². The van der Waals surface area contributed by atoms with Crippen molar-refractivity contribution in [2.75, 3.05) is 27.4 Å². The van der Waals surface area contributed by atoms with E-state index in [2.05, 4.69) is 56.6 Å². The summed E-state index contributed by atoms with van der Waals surface area (Å²) in [6.45, 7) is 15.2. The van der Waals surface area contributed by atoms with E-state index in [1.54, 1.807) is 12.1 Å². The van der Waals surface area contributed by atoms with Crippen molar-refractivity contribution >= 4 is 5.91 Å². The van der Waals surface area contributed by atoms with E-state index < -0.39 is 18.1 Å². The first kappa shape index (κ1) is 46.7. The molecule has 10 unspecified atom stereocenters. The molecular formula is C43H74FNO9. The number of aliphatic hydroxyl groups is 2. The van der Waals surface area contributed by atoms with Crippen LogP contribution < -0.4 is 5.32 Å². The van der Waals surface area contributed by atoms with Crippen LogP contribution in [0.2, 0.25) is 0 Å². The van der Waals surface area contributed by atoms with E-state index in [-0.39, 0.29) is 42.3 Å². The molecule has 312 valence electrons. The standard InChI is InChI=1S/C41H66FNO5.2CH4O2/c1-24-7-15-35(37-22-47-26(3)9-17-33(24)37)28(5)39(44)19-31(41(46)43-21-30-11-13-32(42)14-12-30)20-40(45)29(6)36-16-8-25(2)34-18-10-27(4)48-23-38(34)36;2*1-3-2/h11-14,24-29,31,33-40,44-45H,7-10,15-23H2,1-6H3,(H,43,46);2*2H,1H3/t24-,25-,26?,27?,28?,29?,31?,33?,34?,35+,36+,37?,38?,39?,40?;;/m1../s1. The third-order valence-electron chi connectivity index (χ3n) is 13.9. The molecule has 2 saturated carbocycles. The lowest BCUT2D eigenvalue weighted by Gasteiger charge is -2.45. The highest BCUT2D eigenvalue weighted by atomic mass is 19.1. The minimum Gasteiger partial charge on any atom is -0.393 e. The molecule has 2 aliphatic heterocycles. The summed E-state index contributed by atoms with van der Waals surface area (Å²) in [6, 6.07) is 6.18. The Labute approximate surface area is 324 Å². The lowest BCUT2D eigenvalue weighted by atomic mass is 9.61. The smallest absolute Gasteiger partial charge is 0.223 e. The SMILES string of the molecule is CC1CCC2C(CO1)[C@H](C(C)C(O)CC(CC(O)C(C)[C@@H]1CC[C@@H](C)C3CCC(C)OCC31)C(=O)NCc1ccc(F)cc1)CC[C@H]2C.COO.COO. The second-order valence-corrected chi connectivity index (χ2v) is 17.3. The first-order valence-corrected chi connectivity index (χ1v) is 20.7. The zero-order valence-electron chi connectivity index (χ0n) is 34.4. The van der Waals surface area contributed by atoms with E-state index in [0.29, 0.717) is 60.2 Å². The number of fused-ring (bicyclic) bond motifs is 2. The molecule has 1 amide bonds. The number of aliphatic hydroxyl groups excluding tert-OH is 2. The molecule has 5 rings (SSSR count). The van der Waals surface area contributed by atoms with Crippen molar-refractivity contribution in [3.8, 4) is 0 Å². The van der Waals surface area contributed by atoms with Gasteiger partial charge in [-0.15, -0.1) is 0 Å². The minimum absolute atomic E-state index is 0.0229. The monoisotopic (exact) mass is 768 g/mol. The third-order valence-corrected chi connectivity index (χ3v) is 13.9.